The van der Waals surface area contributed by atoms with Gasteiger partial charge < -0.3 is 52.6 Å². The highest BCUT2D eigenvalue weighted by Crippen LogP contribution is 2.40. The van der Waals surface area contributed by atoms with Gasteiger partial charge in [-0.1, -0.05) is 143 Å². The fraction of sp³-hybridized carbons (Fsp3) is 0.402. The second-order valence-corrected chi connectivity index (χ2v) is 44.9. The van der Waals surface area contributed by atoms with E-state index in [1.54, 1.807) is 84.5 Å². The topological polar surface area (TPSA) is 557 Å². The van der Waals surface area contributed by atoms with E-state index in [1.807, 2.05) is 33.8 Å². The van der Waals surface area contributed by atoms with Crippen LogP contribution in [0.1, 0.15) is 215 Å². The number of carbonyl (C=O) groups is 13. The summed E-state index contributed by atoms with van der Waals surface area (Å²) in [5, 5.41) is 33.1. The Bertz CT molecular complexity index is 6060. The van der Waals surface area contributed by atoms with Gasteiger partial charge in [-0.3, -0.25) is 62.3 Å². The number of hydrogen-bond donors (Lipinski definition) is 13. The fourth-order valence-electron chi connectivity index (χ4n) is 14.7. The zero-order valence-electron chi connectivity index (χ0n) is 73.9. The van der Waals surface area contributed by atoms with Crippen LogP contribution in [0.5, 0.6) is 0 Å². The number of carboxylic acids is 1. The van der Waals surface area contributed by atoms with Crippen LogP contribution in [0.4, 0.5) is 43.3 Å². The summed E-state index contributed by atoms with van der Waals surface area (Å²) in [5.74, 6) is -5.66. The van der Waals surface area contributed by atoms with Crippen LogP contribution in [0.2, 0.25) is 4.34 Å². The standard InChI is InChI=1S/C24H25N5O5S2.C21H25BrN4O5S2.C21H25ClN4O5S2.C21H26N4O5S2/c1-13-6-7-16(15(10-13)21(34)14-4-2-3-5-14)27-18(30)12-19(31)29-24-28-17(11-20(32)33)22(36-24)35-23-25-8-9-26-23;2*1-12-7-8-15(14(9-12)19(29)13-5-3-4-6-13)24-17(27)10-18(28)26-21-25-16(20(22)32-21)11-23-33(2,30)31;1-13-7-8-17(16(9-13)20(28)14-5-3-4-6-14)24-18(26)10-19(27)25-21-23-15(12-31-21)11-22-32(2,29)30/h6-10,14H,2-5,11-12H2,1H3,(H,25,26)(H,27,30)(H,32,33)(H,28,29,31);2*7-9,13,23H,3-6,10-11H2,1-2H3,(H,24,27)(H,25,26,28);7-9,12,14,22H,3-6,10-11H2,1-2H3,(H,24,26)(H,23,25,27). The van der Waals surface area contributed by atoms with Gasteiger partial charge in [-0.25, -0.2) is 64.3 Å². The van der Waals surface area contributed by atoms with Crippen LogP contribution < -0.4 is 56.7 Å². The van der Waals surface area contributed by atoms with E-state index in [-0.39, 0.29) is 103 Å². The minimum absolute atomic E-state index is 0.0108. The number of nitrogens with zero attached hydrogens (tertiary/aromatic N) is 5. The maximum absolute atomic E-state index is 13.0. The second-order valence-electron chi connectivity index (χ2n) is 32.4. The van der Waals surface area contributed by atoms with Crippen molar-refractivity contribution < 1.29 is 92.7 Å². The van der Waals surface area contributed by atoms with Crippen LogP contribution in [0, 0.1) is 51.4 Å². The zero-order valence-corrected chi connectivity index (χ0v) is 82.8. The number of H-pyrrole nitrogens is 1. The summed E-state index contributed by atoms with van der Waals surface area (Å²) in [5.41, 5.74) is 8.58. The van der Waals surface area contributed by atoms with Gasteiger partial charge in [-0.15, -0.1) is 11.3 Å². The summed E-state index contributed by atoms with van der Waals surface area (Å²) in [4.78, 5) is 186. The summed E-state index contributed by atoms with van der Waals surface area (Å²) in [6, 6.07) is 21.0. The molecule has 9 aromatic rings. The number of Topliss-reactive ketones (excluding diaryl/α,β-unsaturated/α-hetero) is 4. The maximum atomic E-state index is 13.0. The molecule has 0 bridgehead atoms. The lowest BCUT2D eigenvalue weighted by atomic mass is 9.94. The van der Waals surface area contributed by atoms with Gasteiger partial charge in [-0.05, 0) is 155 Å². The molecule has 134 heavy (non-hydrogen) atoms. The Kier molecular flexibility index (Phi) is 38.7. The Morgan fingerprint density at radius 2 is 0.739 bits per heavy atom. The Morgan fingerprint density at radius 3 is 1.08 bits per heavy atom. The number of imidazole rings is 1. The molecule has 0 radical (unpaired) electrons. The number of rotatable bonds is 37. The highest BCUT2D eigenvalue weighted by molar-refractivity contribution is 9.11. The number of amides is 8. The van der Waals surface area contributed by atoms with E-state index in [2.05, 4.69) is 103 Å². The number of hydrogen-bond acceptors (Lipinski definition) is 29. The molecule has 4 fully saturated rings. The molecule has 4 aliphatic carbocycles. The first-order valence-electron chi connectivity index (χ1n) is 42.4. The zero-order chi connectivity index (χ0) is 97.3. The maximum Gasteiger partial charge on any atom is 0.309 e. The molecule has 13 rings (SSSR count). The van der Waals surface area contributed by atoms with Gasteiger partial charge in [0.05, 0.1) is 98.3 Å². The number of aromatic amines is 1. The first kappa shape index (κ1) is 105. The van der Waals surface area contributed by atoms with E-state index in [0.717, 1.165) is 189 Å². The quantitative estimate of drug-likeness (QED) is 0.0127. The summed E-state index contributed by atoms with van der Waals surface area (Å²) < 4.78 is 75.5. The first-order valence-corrected chi connectivity index (χ1v) is 53.4. The average molecular weight is 2080 g/mol. The number of carboxylic acid groups (broad SMARTS) is 1. The number of ketones is 4. The highest BCUT2D eigenvalue weighted by Gasteiger charge is 2.33. The molecule has 0 aliphatic heterocycles. The summed E-state index contributed by atoms with van der Waals surface area (Å²) >= 11 is 14.8. The number of aromatic nitrogens is 6. The van der Waals surface area contributed by atoms with Crippen molar-refractivity contribution in [2.45, 2.75) is 192 Å². The number of halogens is 2. The monoisotopic (exact) mass is 2070 g/mol. The number of aryl methyl sites for hydroxylation is 4. The lowest BCUT2D eigenvalue weighted by molar-refractivity contribution is -0.136. The molecule has 4 aliphatic rings. The van der Waals surface area contributed by atoms with Gasteiger partial charge in [0.1, 0.15) is 30.0 Å². The van der Waals surface area contributed by atoms with Gasteiger partial charge in [0, 0.05) is 63.7 Å². The Labute approximate surface area is 807 Å². The SMILES string of the molecule is Cc1ccc(NC(=O)CC(=O)Nc2nc(CC(=O)O)c(Sc3ncc[nH]3)s2)c(C(=O)C2CCCC2)c1.Cc1ccc(NC(=O)CC(=O)Nc2nc(CNS(C)(=O)=O)c(Br)s2)c(C(=O)C2CCCC2)c1.Cc1ccc(NC(=O)CC(=O)Nc2nc(CNS(C)(=O)=O)c(Cl)s2)c(C(=O)C2CCCC2)c1.Cc1ccc(NC(=O)CC(=O)Nc2nc(CNS(C)(=O)=O)cs2)c(C(=O)C2CCCC2)c1. The first-order chi connectivity index (χ1) is 63.4. The number of sulfonamides is 3. The van der Waals surface area contributed by atoms with E-state index < -0.39 is 109 Å². The normalized spacial score (nSPS) is 14.1. The number of carbonyl (C=O) groups excluding carboxylic acids is 12. The number of benzene rings is 4. The van der Waals surface area contributed by atoms with Gasteiger partial charge >= 0.3 is 5.97 Å². The fourth-order valence-corrected chi connectivity index (χ4v) is 21.1. The third-order valence-electron chi connectivity index (χ3n) is 21.0. The second kappa shape index (κ2) is 49.2. The van der Waals surface area contributed by atoms with Crippen molar-refractivity contribution in [1.82, 2.24) is 44.1 Å². The molecule has 47 heteroatoms. The van der Waals surface area contributed by atoms with Crippen molar-refractivity contribution in [2.75, 3.05) is 61.3 Å². The molecular weight excluding hydrogens is 1970 g/mol. The van der Waals surface area contributed by atoms with E-state index in [0.29, 0.717) is 75.2 Å². The predicted molar refractivity (Wildman–Crippen MR) is 518 cm³/mol. The summed E-state index contributed by atoms with van der Waals surface area (Å²) in [6.45, 7) is 7.40. The molecule has 0 unspecified atom stereocenters. The molecule has 8 amide bonds. The lowest BCUT2D eigenvalue weighted by Crippen LogP contribution is -2.23. The van der Waals surface area contributed by atoms with Crippen LogP contribution in [-0.2, 0) is 99.3 Å². The summed E-state index contributed by atoms with van der Waals surface area (Å²) in [6.07, 6.45) is 19.2. The van der Waals surface area contributed by atoms with E-state index in [9.17, 15) is 92.7 Å². The van der Waals surface area contributed by atoms with E-state index in [1.165, 1.54) is 11.8 Å². The minimum Gasteiger partial charge on any atom is -0.481 e. The van der Waals surface area contributed by atoms with E-state index >= 15 is 0 Å². The third kappa shape index (κ3) is 34.0. The Balaban J connectivity index is 0.000000185. The molecular formula is C87H101BrClN17O20S8. The van der Waals surface area contributed by atoms with Crippen molar-refractivity contribution in [2.24, 2.45) is 23.7 Å². The van der Waals surface area contributed by atoms with Crippen molar-refractivity contribution in [3.63, 3.8) is 0 Å². The van der Waals surface area contributed by atoms with Crippen LogP contribution in [-0.4, -0.2) is 155 Å². The molecule has 0 saturated heterocycles. The molecule has 13 N–H and O–H groups in total. The van der Waals surface area contributed by atoms with Crippen molar-refractivity contribution >= 4 is 234 Å². The molecule has 716 valence electrons. The average Bonchev–Trinajstić information content (AvgIpc) is 1.44. The number of thiazole rings is 4. The van der Waals surface area contributed by atoms with E-state index in [4.69, 9.17) is 11.6 Å². The van der Waals surface area contributed by atoms with Crippen LogP contribution in [0.15, 0.2) is 104 Å². The van der Waals surface area contributed by atoms with Gasteiger partial charge in [0.15, 0.2) is 48.8 Å². The number of aliphatic carboxylic acids is 1. The lowest BCUT2D eigenvalue weighted by Gasteiger charge is -2.14. The van der Waals surface area contributed by atoms with Crippen LogP contribution in [0.3, 0.4) is 0 Å². The smallest absolute Gasteiger partial charge is 0.309 e. The minimum atomic E-state index is -3.42. The Hall–Kier alpha value is -10.6. The Morgan fingerprint density at radius 1 is 0.425 bits per heavy atom. The molecule has 0 atom stereocenters. The number of nitrogens with one attached hydrogen (secondary N) is 12. The van der Waals surface area contributed by atoms with Crippen LogP contribution >= 0.6 is 84.6 Å². The van der Waals surface area contributed by atoms with Crippen molar-refractivity contribution in [3.05, 3.63) is 166 Å². The molecule has 0 spiro atoms. The van der Waals surface area contributed by atoms with Gasteiger partial charge in [-0.2, -0.15) is 0 Å². The summed E-state index contributed by atoms with van der Waals surface area (Å²) in [7, 11) is -10.2. The molecule has 37 nitrogen and oxygen atoms in total. The largest absolute Gasteiger partial charge is 0.481 e. The molecule has 5 aromatic heterocycles. The number of anilines is 8. The van der Waals surface area contributed by atoms with Gasteiger partial charge in [0.2, 0.25) is 77.3 Å². The van der Waals surface area contributed by atoms with Crippen LogP contribution in [0.25, 0.3) is 0 Å². The van der Waals surface area contributed by atoms with Gasteiger partial charge in [0.25, 0.3) is 0 Å². The van der Waals surface area contributed by atoms with Crippen molar-refractivity contribution in [3.8, 4) is 0 Å². The molecule has 4 saturated carbocycles. The predicted octanol–water partition coefficient (Wildman–Crippen LogP) is 14.2. The molecule has 4 aromatic carbocycles. The molecule has 5 heterocycles. The van der Waals surface area contributed by atoms with Crippen molar-refractivity contribution in [1.29, 1.82) is 0 Å². The highest BCUT2D eigenvalue weighted by atomic mass is 79.9. The third-order valence-corrected chi connectivity index (χ3v) is 29.0.